The normalized spacial score (nSPS) is 12.0. The van der Waals surface area contributed by atoms with Crippen LogP contribution in [0.15, 0.2) is 24.3 Å². The van der Waals surface area contributed by atoms with Crippen molar-refractivity contribution < 1.29 is 14.5 Å². The molecule has 0 fully saturated rings. The van der Waals surface area contributed by atoms with E-state index in [-0.39, 0.29) is 23.6 Å². The van der Waals surface area contributed by atoms with Crippen LogP contribution in [0.5, 0.6) is 0 Å². The van der Waals surface area contributed by atoms with E-state index in [0.29, 0.717) is 5.02 Å². The van der Waals surface area contributed by atoms with E-state index in [9.17, 15) is 14.9 Å². The van der Waals surface area contributed by atoms with Crippen molar-refractivity contribution in [3.05, 3.63) is 56.4 Å². The Labute approximate surface area is 136 Å². The number of hydrogen-bond donors (Lipinski definition) is 2. The molecule has 0 aliphatic heterocycles. The van der Waals surface area contributed by atoms with E-state index < -0.39 is 16.9 Å². The molecule has 0 unspecified atom stereocenters. The zero-order chi connectivity index (χ0) is 17.0. The number of ether oxygens (including phenoxy) is 1. The van der Waals surface area contributed by atoms with Crippen molar-refractivity contribution in [2.24, 2.45) is 0 Å². The number of halogens is 1. The standard InChI is InChI=1S/C14H15ClN4O4/c1-8-13(19(21)22)12(18-17-8)14(20)16-7-11(23-2)9-4-3-5-10(15)6-9/h3-6,11H,7H2,1-2H3,(H,16,20)(H,17,18)/t11-/m0/s1. The molecule has 8 nitrogen and oxygen atoms in total. The number of carbonyl (C=O) groups is 1. The fourth-order valence-electron chi connectivity index (χ4n) is 2.12. The van der Waals surface area contributed by atoms with E-state index in [2.05, 4.69) is 15.5 Å². The lowest BCUT2D eigenvalue weighted by Gasteiger charge is -2.16. The number of hydrogen-bond acceptors (Lipinski definition) is 5. The molecule has 1 amide bonds. The van der Waals surface area contributed by atoms with Gasteiger partial charge in [-0.15, -0.1) is 0 Å². The summed E-state index contributed by atoms with van der Waals surface area (Å²) in [5.74, 6) is -0.648. The third kappa shape index (κ3) is 3.85. The molecule has 0 bridgehead atoms. The number of benzene rings is 1. The molecule has 0 spiro atoms. The third-order valence-electron chi connectivity index (χ3n) is 3.27. The number of amides is 1. The predicted molar refractivity (Wildman–Crippen MR) is 83.5 cm³/mol. The number of aromatic nitrogens is 2. The molecule has 0 radical (unpaired) electrons. The van der Waals surface area contributed by atoms with Gasteiger partial charge < -0.3 is 10.1 Å². The van der Waals surface area contributed by atoms with Gasteiger partial charge in [0.05, 0.1) is 11.0 Å². The van der Waals surface area contributed by atoms with Gasteiger partial charge in [-0.2, -0.15) is 5.10 Å². The lowest BCUT2D eigenvalue weighted by atomic mass is 10.1. The number of carbonyl (C=O) groups excluding carboxylic acids is 1. The molecule has 2 aromatic rings. The monoisotopic (exact) mass is 338 g/mol. The second-order valence-corrected chi connectivity index (χ2v) is 5.23. The molecule has 1 aromatic heterocycles. The maximum Gasteiger partial charge on any atom is 0.322 e. The fourth-order valence-corrected chi connectivity index (χ4v) is 2.32. The molecular formula is C14H15ClN4O4. The topological polar surface area (TPSA) is 110 Å². The minimum absolute atomic E-state index is 0.124. The van der Waals surface area contributed by atoms with Gasteiger partial charge in [-0.25, -0.2) is 0 Å². The summed E-state index contributed by atoms with van der Waals surface area (Å²) in [6.45, 7) is 1.60. The number of nitrogens with one attached hydrogen (secondary N) is 2. The highest BCUT2D eigenvalue weighted by Crippen LogP contribution is 2.22. The summed E-state index contributed by atoms with van der Waals surface area (Å²) in [6, 6.07) is 7.04. The van der Waals surface area contributed by atoms with Crippen LogP contribution in [0.3, 0.4) is 0 Å². The van der Waals surface area contributed by atoms with E-state index >= 15 is 0 Å². The smallest absolute Gasteiger partial charge is 0.322 e. The van der Waals surface area contributed by atoms with E-state index in [4.69, 9.17) is 16.3 Å². The summed E-state index contributed by atoms with van der Waals surface area (Å²) >= 11 is 5.93. The Morgan fingerprint density at radius 1 is 1.57 bits per heavy atom. The number of rotatable bonds is 6. The highest BCUT2D eigenvalue weighted by atomic mass is 35.5. The molecule has 23 heavy (non-hydrogen) atoms. The van der Waals surface area contributed by atoms with Crippen molar-refractivity contribution in [2.45, 2.75) is 13.0 Å². The second-order valence-electron chi connectivity index (χ2n) is 4.79. The number of H-pyrrole nitrogens is 1. The van der Waals surface area contributed by atoms with Gasteiger partial charge >= 0.3 is 5.69 Å². The van der Waals surface area contributed by atoms with Crippen LogP contribution in [0.2, 0.25) is 5.02 Å². The maximum atomic E-state index is 12.1. The summed E-state index contributed by atoms with van der Waals surface area (Å²) < 4.78 is 5.33. The molecule has 0 saturated carbocycles. The molecule has 0 aliphatic carbocycles. The van der Waals surface area contributed by atoms with Crippen LogP contribution < -0.4 is 5.32 Å². The summed E-state index contributed by atoms with van der Waals surface area (Å²) in [7, 11) is 1.50. The van der Waals surface area contributed by atoms with Crippen molar-refractivity contribution in [3.63, 3.8) is 0 Å². The molecule has 0 aliphatic rings. The quantitative estimate of drug-likeness (QED) is 0.620. The number of nitrogens with zero attached hydrogens (tertiary/aromatic N) is 2. The van der Waals surface area contributed by atoms with Crippen molar-refractivity contribution in [1.29, 1.82) is 0 Å². The highest BCUT2D eigenvalue weighted by Gasteiger charge is 2.27. The zero-order valence-corrected chi connectivity index (χ0v) is 13.3. The van der Waals surface area contributed by atoms with Crippen LogP contribution in [0.25, 0.3) is 0 Å². The Balaban J connectivity index is 2.10. The predicted octanol–water partition coefficient (Wildman–Crippen LogP) is 2.40. The van der Waals surface area contributed by atoms with Gasteiger partial charge in [-0.1, -0.05) is 23.7 Å². The first-order valence-electron chi connectivity index (χ1n) is 6.69. The molecule has 122 valence electrons. The Morgan fingerprint density at radius 3 is 2.91 bits per heavy atom. The SMILES string of the molecule is CO[C@@H](CNC(=O)c1n[nH]c(C)c1[N+](=O)[O-])c1cccc(Cl)c1. The number of methoxy groups -OCH3 is 1. The van der Waals surface area contributed by atoms with Gasteiger partial charge in [0.2, 0.25) is 5.69 Å². The number of nitro groups is 1. The van der Waals surface area contributed by atoms with Gasteiger partial charge in [0.25, 0.3) is 5.91 Å². The molecule has 2 rings (SSSR count). The molecule has 1 atom stereocenters. The summed E-state index contributed by atoms with van der Waals surface area (Å²) in [4.78, 5) is 22.5. The van der Waals surface area contributed by atoms with Crippen LogP contribution >= 0.6 is 11.6 Å². The lowest BCUT2D eigenvalue weighted by molar-refractivity contribution is -0.385. The summed E-state index contributed by atoms with van der Waals surface area (Å²) in [6.07, 6.45) is -0.434. The van der Waals surface area contributed by atoms with E-state index in [0.717, 1.165) is 5.56 Å². The second kappa shape index (κ2) is 7.21. The van der Waals surface area contributed by atoms with Crippen molar-refractivity contribution in [2.75, 3.05) is 13.7 Å². The largest absolute Gasteiger partial charge is 0.375 e. The first-order chi connectivity index (χ1) is 10.9. The average Bonchev–Trinajstić information content (AvgIpc) is 2.90. The summed E-state index contributed by atoms with van der Waals surface area (Å²) in [5, 5.41) is 20.2. The lowest BCUT2D eigenvalue weighted by Crippen LogP contribution is -2.29. The summed E-state index contributed by atoms with van der Waals surface area (Å²) in [5.41, 5.74) is 0.416. The minimum atomic E-state index is -0.648. The van der Waals surface area contributed by atoms with Crippen LogP contribution in [0.1, 0.15) is 27.8 Å². The fraction of sp³-hybridized carbons (Fsp3) is 0.286. The molecule has 0 saturated heterocycles. The third-order valence-corrected chi connectivity index (χ3v) is 3.50. The van der Waals surface area contributed by atoms with E-state index in [1.54, 1.807) is 18.2 Å². The van der Waals surface area contributed by atoms with Crippen LogP contribution in [-0.4, -0.2) is 34.7 Å². The Hall–Kier alpha value is -2.45. The first kappa shape index (κ1) is 16.9. The van der Waals surface area contributed by atoms with Gasteiger partial charge in [-0.05, 0) is 24.6 Å². The maximum absolute atomic E-state index is 12.1. The van der Waals surface area contributed by atoms with E-state index in [1.807, 2.05) is 6.07 Å². The Morgan fingerprint density at radius 2 is 2.30 bits per heavy atom. The molecular weight excluding hydrogens is 324 g/mol. The van der Waals surface area contributed by atoms with Crippen LogP contribution in [0, 0.1) is 17.0 Å². The Bertz CT molecular complexity index is 731. The van der Waals surface area contributed by atoms with Gasteiger partial charge in [0.1, 0.15) is 5.69 Å². The first-order valence-corrected chi connectivity index (χ1v) is 7.07. The van der Waals surface area contributed by atoms with Gasteiger partial charge in [-0.3, -0.25) is 20.0 Å². The van der Waals surface area contributed by atoms with Gasteiger partial charge in [0, 0.05) is 18.7 Å². The molecule has 2 N–H and O–H groups in total. The van der Waals surface area contributed by atoms with Crippen LogP contribution in [0.4, 0.5) is 5.69 Å². The highest BCUT2D eigenvalue weighted by molar-refractivity contribution is 6.30. The average molecular weight is 339 g/mol. The molecule has 9 heteroatoms. The minimum Gasteiger partial charge on any atom is -0.375 e. The van der Waals surface area contributed by atoms with Crippen molar-refractivity contribution in [3.8, 4) is 0 Å². The van der Waals surface area contributed by atoms with Crippen molar-refractivity contribution in [1.82, 2.24) is 15.5 Å². The van der Waals surface area contributed by atoms with Crippen LogP contribution in [-0.2, 0) is 4.74 Å². The van der Waals surface area contributed by atoms with E-state index in [1.165, 1.54) is 14.0 Å². The Kier molecular flexibility index (Phi) is 5.30. The number of aromatic amines is 1. The van der Waals surface area contributed by atoms with Gasteiger partial charge in [0.15, 0.2) is 0 Å². The van der Waals surface area contributed by atoms with Crippen molar-refractivity contribution >= 4 is 23.2 Å². The molecule has 1 aromatic carbocycles. The zero-order valence-electron chi connectivity index (χ0n) is 12.5. The number of aryl methyl sites for hydroxylation is 1. The molecule has 1 heterocycles.